The van der Waals surface area contributed by atoms with Gasteiger partial charge in [0.15, 0.2) is 16.6 Å². The van der Waals surface area contributed by atoms with Gasteiger partial charge >= 0.3 is 5.97 Å². The van der Waals surface area contributed by atoms with Crippen LogP contribution in [0.2, 0.25) is 5.02 Å². The van der Waals surface area contributed by atoms with Gasteiger partial charge in [-0.05, 0) is 30.8 Å². The van der Waals surface area contributed by atoms with Crippen LogP contribution in [-0.2, 0) is 9.53 Å². The quantitative estimate of drug-likeness (QED) is 0.530. The van der Waals surface area contributed by atoms with Gasteiger partial charge < -0.3 is 24.8 Å². The van der Waals surface area contributed by atoms with Crippen LogP contribution in [0.1, 0.15) is 24.1 Å². The third-order valence-electron chi connectivity index (χ3n) is 4.41. The Morgan fingerprint density at radius 3 is 2.52 bits per heavy atom. The van der Waals surface area contributed by atoms with Crippen LogP contribution in [0.25, 0.3) is 5.70 Å². The minimum Gasteiger partial charge on any atom is -0.493 e. The van der Waals surface area contributed by atoms with Crippen LogP contribution in [0, 0.1) is 0 Å². The van der Waals surface area contributed by atoms with E-state index in [0.29, 0.717) is 38.5 Å². The Morgan fingerprint density at radius 1 is 1.17 bits per heavy atom. The number of hydrogen-bond donors (Lipinski definition) is 2. The van der Waals surface area contributed by atoms with Gasteiger partial charge in [-0.1, -0.05) is 41.9 Å². The van der Waals surface area contributed by atoms with E-state index in [1.165, 1.54) is 14.2 Å². The molecule has 2 aromatic carbocycles. The molecule has 0 saturated heterocycles. The highest BCUT2D eigenvalue weighted by atomic mass is 35.5. The number of methoxy groups -OCH3 is 2. The molecule has 0 amide bonds. The lowest BCUT2D eigenvalue weighted by molar-refractivity contribution is -0.138. The zero-order valence-corrected chi connectivity index (χ0v) is 17.8. The van der Waals surface area contributed by atoms with E-state index in [2.05, 4.69) is 10.6 Å². The molecule has 1 aliphatic rings. The zero-order valence-electron chi connectivity index (χ0n) is 16.2. The summed E-state index contributed by atoms with van der Waals surface area (Å²) in [6.07, 6.45) is 0. The van der Waals surface area contributed by atoms with Gasteiger partial charge in [0, 0.05) is 16.7 Å². The van der Waals surface area contributed by atoms with E-state index in [-0.39, 0.29) is 6.61 Å². The summed E-state index contributed by atoms with van der Waals surface area (Å²) in [5.41, 5.74) is 2.35. The molecule has 29 heavy (non-hydrogen) atoms. The molecule has 0 spiro atoms. The van der Waals surface area contributed by atoms with E-state index in [0.717, 1.165) is 5.56 Å². The third-order valence-corrected chi connectivity index (χ3v) is 4.85. The van der Waals surface area contributed by atoms with Gasteiger partial charge in [0.05, 0.1) is 38.1 Å². The molecule has 1 atom stereocenters. The molecule has 152 valence electrons. The number of carbonyl (C=O) groups is 1. The first-order valence-corrected chi connectivity index (χ1v) is 9.74. The molecule has 0 saturated carbocycles. The molecule has 2 aromatic rings. The van der Waals surface area contributed by atoms with Crippen LogP contribution in [0.15, 0.2) is 48.0 Å². The van der Waals surface area contributed by atoms with Crippen molar-refractivity contribution in [3.05, 3.63) is 64.2 Å². The zero-order chi connectivity index (χ0) is 21.0. The highest BCUT2D eigenvalue weighted by molar-refractivity contribution is 7.80. The fraction of sp³-hybridized carbons (Fsp3) is 0.238. The molecule has 0 fully saturated rings. The second-order valence-corrected chi connectivity index (χ2v) is 6.98. The van der Waals surface area contributed by atoms with E-state index in [1.807, 2.05) is 30.3 Å². The Balaban J connectivity index is 2.28. The minimum absolute atomic E-state index is 0.234. The number of thiocarbonyl (C=S) groups is 1. The van der Waals surface area contributed by atoms with Crippen molar-refractivity contribution >= 4 is 40.6 Å². The number of nitrogens with one attached hydrogen (secondary N) is 2. The number of benzene rings is 2. The SMILES string of the molecule is CCOC(=O)C1=C(c2ccccc2)NC(=S)N[C@H]1c1cc(Cl)cc(OC)c1OC. The number of halogens is 1. The molecular weight excluding hydrogens is 412 g/mol. The Kier molecular flexibility index (Phi) is 6.61. The molecule has 0 unspecified atom stereocenters. The first-order valence-electron chi connectivity index (χ1n) is 8.95. The van der Waals surface area contributed by atoms with Crippen LogP contribution in [0.5, 0.6) is 11.5 Å². The first kappa shape index (κ1) is 21.0. The van der Waals surface area contributed by atoms with Crippen molar-refractivity contribution < 1.29 is 19.0 Å². The van der Waals surface area contributed by atoms with Gasteiger partial charge in [-0.2, -0.15) is 0 Å². The molecule has 6 nitrogen and oxygen atoms in total. The molecule has 1 heterocycles. The van der Waals surface area contributed by atoms with E-state index in [1.54, 1.807) is 19.1 Å². The summed E-state index contributed by atoms with van der Waals surface area (Å²) in [6.45, 7) is 1.99. The molecule has 1 aliphatic heterocycles. The summed E-state index contributed by atoms with van der Waals surface area (Å²) < 4.78 is 16.3. The van der Waals surface area contributed by atoms with Crippen molar-refractivity contribution in [2.45, 2.75) is 13.0 Å². The Morgan fingerprint density at radius 2 is 1.90 bits per heavy atom. The predicted octanol–water partition coefficient (Wildman–Crippen LogP) is 3.85. The Bertz CT molecular complexity index is 963. The van der Waals surface area contributed by atoms with Crippen molar-refractivity contribution in [1.29, 1.82) is 0 Å². The lowest BCUT2D eigenvalue weighted by Gasteiger charge is -2.32. The molecule has 2 N–H and O–H groups in total. The monoisotopic (exact) mass is 432 g/mol. The number of carbonyl (C=O) groups excluding carboxylic acids is 1. The second-order valence-electron chi connectivity index (χ2n) is 6.14. The van der Waals surface area contributed by atoms with E-state index < -0.39 is 12.0 Å². The molecule has 0 bridgehead atoms. The number of hydrogen-bond acceptors (Lipinski definition) is 5. The van der Waals surface area contributed by atoms with E-state index in [4.69, 9.17) is 38.0 Å². The van der Waals surface area contributed by atoms with E-state index >= 15 is 0 Å². The fourth-order valence-corrected chi connectivity index (χ4v) is 3.67. The van der Waals surface area contributed by atoms with Gasteiger partial charge in [0.1, 0.15) is 0 Å². The fourth-order valence-electron chi connectivity index (χ4n) is 3.23. The van der Waals surface area contributed by atoms with Crippen molar-refractivity contribution in [1.82, 2.24) is 10.6 Å². The smallest absolute Gasteiger partial charge is 0.338 e. The maximum Gasteiger partial charge on any atom is 0.338 e. The lowest BCUT2D eigenvalue weighted by Crippen LogP contribution is -2.45. The topological polar surface area (TPSA) is 68.8 Å². The minimum atomic E-state index is -0.652. The summed E-state index contributed by atoms with van der Waals surface area (Å²) in [5, 5.41) is 7.04. The largest absolute Gasteiger partial charge is 0.493 e. The molecule has 0 aliphatic carbocycles. The summed E-state index contributed by atoms with van der Waals surface area (Å²) in [6, 6.07) is 12.2. The average molecular weight is 433 g/mol. The second kappa shape index (κ2) is 9.15. The van der Waals surface area contributed by atoms with Gasteiger partial charge in [-0.25, -0.2) is 4.79 Å². The average Bonchev–Trinajstić information content (AvgIpc) is 2.73. The van der Waals surface area contributed by atoms with Crippen molar-refractivity contribution in [3.8, 4) is 11.5 Å². The van der Waals surface area contributed by atoms with Gasteiger partial charge in [-0.15, -0.1) is 0 Å². The molecule has 0 radical (unpaired) electrons. The third kappa shape index (κ3) is 4.31. The Labute approximate surface area is 179 Å². The van der Waals surface area contributed by atoms with Gasteiger partial charge in [-0.3, -0.25) is 0 Å². The number of ether oxygens (including phenoxy) is 3. The summed E-state index contributed by atoms with van der Waals surface area (Å²) in [5.74, 6) is 0.430. The van der Waals surface area contributed by atoms with Crippen molar-refractivity contribution in [3.63, 3.8) is 0 Å². The molecule has 8 heteroatoms. The van der Waals surface area contributed by atoms with Crippen LogP contribution < -0.4 is 20.1 Å². The van der Waals surface area contributed by atoms with Crippen LogP contribution in [0.3, 0.4) is 0 Å². The van der Waals surface area contributed by atoms with Crippen LogP contribution in [0.4, 0.5) is 0 Å². The van der Waals surface area contributed by atoms with Crippen LogP contribution in [-0.4, -0.2) is 31.9 Å². The molecule has 3 rings (SSSR count). The predicted molar refractivity (Wildman–Crippen MR) is 116 cm³/mol. The Hall–Kier alpha value is -2.77. The van der Waals surface area contributed by atoms with Crippen molar-refractivity contribution in [2.24, 2.45) is 0 Å². The standard InChI is InChI=1S/C21H21ClN2O4S/c1-4-28-20(25)16-17(12-8-6-5-7-9-12)23-21(29)24-18(16)14-10-13(22)11-15(26-2)19(14)27-3/h5-11,18H,4H2,1-3H3,(H2,23,24,29)/t18-/m0/s1. The van der Waals surface area contributed by atoms with Crippen LogP contribution >= 0.6 is 23.8 Å². The summed E-state index contributed by atoms with van der Waals surface area (Å²) >= 11 is 11.7. The summed E-state index contributed by atoms with van der Waals surface area (Å²) in [7, 11) is 3.05. The number of rotatable bonds is 6. The normalized spacial score (nSPS) is 16.0. The molecular formula is C21H21ClN2O4S. The highest BCUT2D eigenvalue weighted by Crippen LogP contribution is 2.42. The van der Waals surface area contributed by atoms with Crippen molar-refractivity contribution in [2.75, 3.05) is 20.8 Å². The summed E-state index contributed by atoms with van der Waals surface area (Å²) in [4.78, 5) is 13.0. The number of esters is 1. The van der Waals surface area contributed by atoms with E-state index in [9.17, 15) is 4.79 Å². The van der Waals surface area contributed by atoms with Gasteiger partial charge in [0.2, 0.25) is 0 Å². The lowest BCUT2D eigenvalue weighted by atomic mass is 9.92. The highest BCUT2D eigenvalue weighted by Gasteiger charge is 2.35. The first-order chi connectivity index (χ1) is 14.0. The maximum absolute atomic E-state index is 13.0. The van der Waals surface area contributed by atoms with Gasteiger partial charge in [0.25, 0.3) is 0 Å². The maximum atomic E-state index is 13.0. The molecule has 0 aromatic heterocycles.